The van der Waals surface area contributed by atoms with Crippen LogP contribution in [0, 0.1) is 0 Å². The predicted octanol–water partition coefficient (Wildman–Crippen LogP) is 1.11. The van der Waals surface area contributed by atoms with Gasteiger partial charge in [-0.1, -0.05) is 0 Å². The van der Waals surface area contributed by atoms with Gasteiger partial charge in [-0.2, -0.15) is 0 Å². The second kappa shape index (κ2) is 10.1. The van der Waals surface area contributed by atoms with E-state index in [0.717, 1.165) is 0 Å². The highest BCUT2D eigenvalue weighted by atomic mass is 16.6. The molecule has 150 valence electrons. The molecule has 0 aliphatic rings. The van der Waals surface area contributed by atoms with Gasteiger partial charge in [0.05, 0.1) is 13.2 Å². The third-order valence-electron chi connectivity index (χ3n) is 3.22. The van der Waals surface area contributed by atoms with Crippen molar-refractivity contribution >= 4 is 23.8 Å². The van der Waals surface area contributed by atoms with Crippen LogP contribution in [0.25, 0.3) is 0 Å². The topological polar surface area (TPSA) is 128 Å². The lowest BCUT2D eigenvalue weighted by Crippen LogP contribution is -2.62. The molecule has 0 aromatic rings. The second-order valence-corrected chi connectivity index (χ2v) is 6.64. The first-order chi connectivity index (χ1) is 11.9. The van der Waals surface area contributed by atoms with Gasteiger partial charge in [0.1, 0.15) is 11.7 Å². The number of alkyl carbamates (subject to hydrolysis) is 1. The summed E-state index contributed by atoms with van der Waals surface area (Å²) >= 11 is 0. The van der Waals surface area contributed by atoms with Crippen molar-refractivity contribution in [3.05, 3.63) is 0 Å². The number of aliphatic hydroxyl groups is 1. The zero-order valence-corrected chi connectivity index (χ0v) is 16.2. The van der Waals surface area contributed by atoms with E-state index in [1.54, 1.807) is 20.8 Å². The molecule has 0 saturated carbocycles. The van der Waals surface area contributed by atoms with Gasteiger partial charge in [-0.15, -0.1) is 0 Å². The number of aliphatic hydroxyl groups excluding tert-OH is 1. The van der Waals surface area contributed by atoms with Crippen molar-refractivity contribution in [2.24, 2.45) is 0 Å². The van der Waals surface area contributed by atoms with Crippen LogP contribution < -0.4 is 5.32 Å². The summed E-state index contributed by atoms with van der Waals surface area (Å²) in [5.74, 6) is -2.65. The maximum atomic E-state index is 12.5. The van der Waals surface area contributed by atoms with Crippen molar-refractivity contribution in [3.8, 4) is 0 Å². The fourth-order valence-electron chi connectivity index (χ4n) is 1.99. The number of rotatable bonds is 9. The number of carbonyl (C=O) groups is 4. The van der Waals surface area contributed by atoms with Gasteiger partial charge in [-0.25, -0.2) is 14.4 Å². The van der Waals surface area contributed by atoms with Gasteiger partial charge in [0.25, 0.3) is 0 Å². The molecule has 1 unspecified atom stereocenters. The Bertz CT molecular complexity index is 505. The van der Waals surface area contributed by atoms with E-state index in [1.807, 2.05) is 0 Å². The zero-order chi connectivity index (χ0) is 20.5. The number of Topliss-reactive ketones (excluding diaryl/α,β-unsaturated/α-hetero) is 1. The molecule has 0 saturated heterocycles. The van der Waals surface area contributed by atoms with Gasteiger partial charge in [0, 0.05) is 0 Å². The Kier molecular flexibility index (Phi) is 9.26. The number of amides is 1. The quantitative estimate of drug-likeness (QED) is 0.348. The van der Waals surface area contributed by atoms with Crippen molar-refractivity contribution in [3.63, 3.8) is 0 Å². The molecule has 0 aliphatic carbocycles. The van der Waals surface area contributed by atoms with Crippen LogP contribution >= 0.6 is 0 Å². The first-order valence-electron chi connectivity index (χ1n) is 8.43. The molecule has 0 rings (SSSR count). The molecule has 9 heteroatoms. The van der Waals surface area contributed by atoms with Crippen LogP contribution in [-0.4, -0.2) is 59.4 Å². The Morgan fingerprint density at radius 2 is 1.46 bits per heavy atom. The van der Waals surface area contributed by atoms with E-state index in [0.29, 0.717) is 0 Å². The van der Waals surface area contributed by atoms with E-state index in [9.17, 15) is 24.3 Å². The molecule has 0 aromatic carbocycles. The van der Waals surface area contributed by atoms with Crippen LogP contribution in [0.2, 0.25) is 0 Å². The van der Waals surface area contributed by atoms with Crippen LogP contribution in [0.1, 0.15) is 54.4 Å². The molecule has 0 fully saturated rings. The van der Waals surface area contributed by atoms with Crippen LogP contribution in [0.3, 0.4) is 0 Å². The summed E-state index contributed by atoms with van der Waals surface area (Å²) in [4.78, 5) is 48.5. The Labute approximate surface area is 153 Å². The molecular formula is C17H29NO8. The van der Waals surface area contributed by atoms with Gasteiger partial charge < -0.3 is 19.3 Å². The Hall–Kier alpha value is -2.16. The lowest BCUT2D eigenvalue weighted by molar-refractivity contribution is -0.167. The van der Waals surface area contributed by atoms with E-state index in [-0.39, 0.29) is 19.6 Å². The third kappa shape index (κ3) is 7.38. The lowest BCUT2D eigenvalue weighted by atomic mass is 9.91. The van der Waals surface area contributed by atoms with E-state index in [2.05, 4.69) is 5.32 Å². The SMILES string of the molecule is CCOC(=O)C(CCC(O)C(C)=O)(NC(=O)OC(C)(C)C)C(=O)OCC. The number of hydrogen-bond acceptors (Lipinski definition) is 8. The smallest absolute Gasteiger partial charge is 0.409 e. The molecule has 0 bridgehead atoms. The predicted molar refractivity (Wildman–Crippen MR) is 91.3 cm³/mol. The molecule has 1 amide bonds. The minimum Gasteiger partial charge on any atom is -0.464 e. The Morgan fingerprint density at radius 1 is 1.00 bits per heavy atom. The number of carbonyl (C=O) groups excluding carboxylic acids is 4. The fraction of sp³-hybridized carbons (Fsp3) is 0.765. The number of ether oxygens (including phenoxy) is 3. The van der Waals surface area contributed by atoms with Crippen molar-refractivity contribution in [2.45, 2.75) is 71.6 Å². The molecule has 26 heavy (non-hydrogen) atoms. The van der Waals surface area contributed by atoms with E-state index in [4.69, 9.17) is 14.2 Å². The minimum absolute atomic E-state index is 0.0503. The summed E-state index contributed by atoms with van der Waals surface area (Å²) in [6.07, 6.45) is -3.09. The molecule has 0 heterocycles. The molecule has 0 aliphatic heterocycles. The summed E-state index contributed by atoms with van der Waals surface area (Å²) in [6.45, 7) is 8.98. The van der Waals surface area contributed by atoms with Gasteiger partial charge in [0.15, 0.2) is 5.78 Å². The highest BCUT2D eigenvalue weighted by molar-refractivity contribution is 6.07. The average molecular weight is 375 g/mol. The molecule has 0 spiro atoms. The van der Waals surface area contributed by atoms with Crippen molar-refractivity contribution in [1.82, 2.24) is 5.32 Å². The van der Waals surface area contributed by atoms with E-state index < -0.39 is 47.5 Å². The molecule has 0 aromatic heterocycles. The maximum absolute atomic E-state index is 12.5. The average Bonchev–Trinajstić information content (AvgIpc) is 2.49. The standard InChI is InChI=1S/C17H29NO8/c1-7-24-13(21)17(14(22)25-8-2,10-9-12(20)11(3)19)18-15(23)26-16(4,5)6/h12,20H,7-10H2,1-6H3,(H,18,23). The number of nitrogens with one attached hydrogen (secondary N) is 1. The molecular weight excluding hydrogens is 346 g/mol. The Balaban J connectivity index is 5.78. The normalized spacial score (nSPS) is 12.7. The summed E-state index contributed by atoms with van der Waals surface area (Å²) in [5, 5.41) is 12.0. The molecule has 0 radical (unpaired) electrons. The highest BCUT2D eigenvalue weighted by Crippen LogP contribution is 2.21. The number of esters is 2. The van der Waals surface area contributed by atoms with Crippen molar-refractivity contribution in [2.75, 3.05) is 13.2 Å². The van der Waals surface area contributed by atoms with Gasteiger partial charge in [-0.3, -0.25) is 10.1 Å². The summed E-state index contributed by atoms with van der Waals surface area (Å²) in [7, 11) is 0. The largest absolute Gasteiger partial charge is 0.464 e. The van der Waals surface area contributed by atoms with Crippen LogP contribution in [0.5, 0.6) is 0 Å². The lowest BCUT2D eigenvalue weighted by Gasteiger charge is -2.31. The summed E-state index contributed by atoms with van der Waals surface area (Å²) in [5.41, 5.74) is -3.11. The fourth-order valence-corrected chi connectivity index (χ4v) is 1.99. The molecule has 2 N–H and O–H groups in total. The zero-order valence-electron chi connectivity index (χ0n) is 16.2. The van der Waals surface area contributed by atoms with Crippen LogP contribution in [0.4, 0.5) is 4.79 Å². The third-order valence-corrected chi connectivity index (χ3v) is 3.22. The maximum Gasteiger partial charge on any atom is 0.409 e. The van der Waals surface area contributed by atoms with E-state index >= 15 is 0 Å². The Morgan fingerprint density at radius 3 is 1.81 bits per heavy atom. The minimum atomic E-state index is -2.23. The van der Waals surface area contributed by atoms with Gasteiger partial charge in [-0.05, 0) is 54.4 Å². The molecule has 9 nitrogen and oxygen atoms in total. The number of hydrogen-bond donors (Lipinski definition) is 2. The van der Waals surface area contributed by atoms with Crippen LogP contribution in [0.15, 0.2) is 0 Å². The van der Waals surface area contributed by atoms with E-state index in [1.165, 1.54) is 20.8 Å². The van der Waals surface area contributed by atoms with Crippen LogP contribution in [-0.2, 0) is 28.6 Å². The first kappa shape index (κ1) is 23.8. The van der Waals surface area contributed by atoms with Crippen molar-refractivity contribution < 1.29 is 38.5 Å². The highest BCUT2D eigenvalue weighted by Gasteiger charge is 2.51. The number of ketones is 1. The monoisotopic (exact) mass is 375 g/mol. The van der Waals surface area contributed by atoms with Gasteiger partial charge in [0.2, 0.25) is 5.54 Å². The summed E-state index contributed by atoms with van der Waals surface area (Å²) in [6, 6.07) is 0. The van der Waals surface area contributed by atoms with Gasteiger partial charge >= 0.3 is 18.0 Å². The summed E-state index contributed by atoms with van der Waals surface area (Å²) < 4.78 is 15.0. The van der Waals surface area contributed by atoms with Crippen molar-refractivity contribution in [1.29, 1.82) is 0 Å². The first-order valence-corrected chi connectivity index (χ1v) is 8.43. The molecule has 1 atom stereocenters. The second-order valence-electron chi connectivity index (χ2n) is 6.64.